The maximum absolute atomic E-state index is 13.7. The standard InChI is InChI=1S/C28H25FN6OS/c1-4-7-18(31-25(36)6-3)12-16(5-2)17-8-9-21-19(13-17)27(35-34-21)28-32-22-15-30-14-20(26(22)33-28)23-10-11-24(29)37-23/h4-5,7-15H,6H2,1-3H3,(H,31,36)(H,32,33)(H,34,35)/b7-4+,16-5+,18-12+. The minimum Gasteiger partial charge on any atom is -0.335 e. The normalized spacial score (nSPS) is 12.8. The molecule has 9 heteroatoms. The van der Waals surface area contributed by atoms with Gasteiger partial charge in [-0.3, -0.25) is 14.9 Å². The van der Waals surface area contributed by atoms with E-state index in [4.69, 9.17) is 4.98 Å². The number of benzene rings is 1. The second kappa shape index (κ2) is 10.3. The average molecular weight is 513 g/mol. The van der Waals surface area contributed by atoms with Gasteiger partial charge in [0.1, 0.15) is 11.2 Å². The van der Waals surface area contributed by atoms with Crippen molar-refractivity contribution in [3.05, 3.63) is 83.4 Å². The van der Waals surface area contributed by atoms with Gasteiger partial charge in [0.2, 0.25) is 5.91 Å². The molecular formula is C28H25FN6OS. The minimum atomic E-state index is -0.255. The molecule has 4 aromatic heterocycles. The fraction of sp³-hybridized carbons (Fsp3) is 0.143. The summed E-state index contributed by atoms with van der Waals surface area (Å²) in [5.41, 5.74) is 6.40. The van der Waals surface area contributed by atoms with E-state index in [-0.39, 0.29) is 11.0 Å². The number of nitrogens with one attached hydrogen (secondary N) is 3. The summed E-state index contributed by atoms with van der Waals surface area (Å²) in [4.78, 5) is 25.2. The molecule has 5 aromatic rings. The molecule has 0 radical (unpaired) electrons. The Morgan fingerprint density at radius 1 is 1.16 bits per heavy atom. The van der Waals surface area contributed by atoms with E-state index in [9.17, 15) is 9.18 Å². The third-order valence-electron chi connectivity index (χ3n) is 5.93. The molecular weight excluding hydrogens is 487 g/mol. The lowest BCUT2D eigenvalue weighted by atomic mass is 10.0. The molecule has 0 saturated carbocycles. The zero-order valence-corrected chi connectivity index (χ0v) is 21.4. The van der Waals surface area contributed by atoms with Crippen molar-refractivity contribution in [1.82, 2.24) is 30.5 Å². The van der Waals surface area contributed by atoms with Gasteiger partial charge in [-0.15, -0.1) is 11.3 Å². The van der Waals surface area contributed by atoms with E-state index in [1.54, 1.807) is 18.5 Å². The number of nitrogens with zero attached hydrogens (tertiary/aromatic N) is 3. The van der Waals surface area contributed by atoms with E-state index in [0.717, 1.165) is 55.0 Å². The van der Waals surface area contributed by atoms with Gasteiger partial charge in [0.15, 0.2) is 11.0 Å². The first-order valence-corrected chi connectivity index (χ1v) is 12.7. The van der Waals surface area contributed by atoms with E-state index in [1.165, 1.54) is 6.07 Å². The highest BCUT2D eigenvalue weighted by atomic mass is 32.1. The van der Waals surface area contributed by atoms with Crippen molar-refractivity contribution in [2.24, 2.45) is 0 Å². The number of hydrogen-bond acceptors (Lipinski definition) is 5. The molecule has 7 nitrogen and oxygen atoms in total. The van der Waals surface area contributed by atoms with Crippen LogP contribution in [0.3, 0.4) is 0 Å². The van der Waals surface area contributed by atoms with Crippen LogP contribution >= 0.6 is 11.3 Å². The number of allylic oxidation sites excluding steroid dienone is 5. The Kier molecular flexibility index (Phi) is 6.78. The Hall–Kier alpha value is -4.37. The Labute approximate surface area is 216 Å². The van der Waals surface area contributed by atoms with Crippen molar-refractivity contribution >= 4 is 44.8 Å². The number of aromatic amines is 2. The van der Waals surface area contributed by atoms with Crippen molar-refractivity contribution in [2.45, 2.75) is 27.2 Å². The molecule has 0 unspecified atom stereocenters. The third kappa shape index (κ3) is 4.85. The van der Waals surface area contributed by atoms with E-state index in [0.29, 0.717) is 23.5 Å². The topological polar surface area (TPSA) is 99.3 Å². The van der Waals surface area contributed by atoms with E-state index in [1.807, 2.05) is 57.2 Å². The van der Waals surface area contributed by atoms with Crippen LogP contribution in [-0.2, 0) is 4.79 Å². The average Bonchev–Trinajstić information content (AvgIpc) is 3.64. The van der Waals surface area contributed by atoms with Crippen LogP contribution in [0.5, 0.6) is 0 Å². The molecule has 37 heavy (non-hydrogen) atoms. The molecule has 0 aliphatic heterocycles. The number of rotatable bonds is 7. The van der Waals surface area contributed by atoms with Crippen LogP contribution < -0.4 is 5.32 Å². The molecule has 5 rings (SSSR count). The lowest BCUT2D eigenvalue weighted by Crippen LogP contribution is -2.20. The summed E-state index contributed by atoms with van der Waals surface area (Å²) in [5, 5.41) is 11.2. The van der Waals surface area contributed by atoms with Crippen molar-refractivity contribution in [3.63, 3.8) is 0 Å². The Bertz CT molecular complexity index is 1700. The molecule has 0 atom stereocenters. The minimum absolute atomic E-state index is 0.0450. The first-order chi connectivity index (χ1) is 18.0. The van der Waals surface area contributed by atoms with E-state index in [2.05, 4.69) is 31.5 Å². The van der Waals surface area contributed by atoms with Crippen LogP contribution in [0.2, 0.25) is 0 Å². The summed E-state index contributed by atoms with van der Waals surface area (Å²) in [6, 6.07) is 9.21. The molecule has 186 valence electrons. The number of thiophene rings is 1. The number of halogens is 1. The molecule has 1 amide bonds. The van der Waals surface area contributed by atoms with Crippen molar-refractivity contribution < 1.29 is 9.18 Å². The zero-order chi connectivity index (χ0) is 25.9. The molecule has 4 heterocycles. The Balaban J connectivity index is 1.57. The van der Waals surface area contributed by atoms with Crippen LogP contribution in [-0.4, -0.2) is 31.1 Å². The number of fused-ring (bicyclic) bond motifs is 2. The van der Waals surface area contributed by atoms with E-state index < -0.39 is 0 Å². The summed E-state index contributed by atoms with van der Waals surface area (Å²) in [6.45, 7) is 5.69. The van der Waals surface area contributed by atoms with E-state index >= 15 is 0 Å². The highest BCUT2D eigenvalue weighted by molar-refractivity contribution is 7.14. The molecule has 0 saturated heterocycles. The molecule has 3 N–H and O–H groups in total. The highest BCUT2D eigenvalue weighted by Crippen LogP contribution is 2.34. The van der Waals surface area contributed by atoms with Gasteiger partial charge in [0.25, 0.3) is 0 Å². The largest absolute Gasteiger partial charge is 0.335 e. The maximum Gasteiger partial charge on any atom is 0.224 e. The number of pyridine rings is 1. The van der Waals surface area contributed by atoms with Gasteiger partial charge in [-0.05, 0) is 61.4 Å². The monoisotopic (exact) mass is 512 g/mol. The van der Waals surface area contributed by atoms with Crippen molar-refractivity contribution in [2.75, 3.05) is 0 Å². The Morgan fingerprint density at radius 3 is 2.76 bits per heavy atom. The predicted molar refractivity (Wildman–Crippen MR) is 147 cm³/mol. The summed E-state index contributed by atoms with van der Waals surface area (Å²) in [6.07, 6.45) is 11.5. The molecule has 0 aliphatic carbocycles. The van der Waals surface area contributed by atoms with Gasteiger partial charge in [-0.25, -0.2) is 4.98 Å². The molecule has 0 spiro atoms. The number of carbonyl (C=O) groups excluding carboxylic acids is 1. The summed E-state index contributed by atoms with van der Waals surface area (Å²) >= 11 is 1.06. The van der Waals surface area contributed by atoms with Gasteiger partial charge < -0.3 is 10.3 Å². The fourth-order valence-electron chi connectivity index (χ4n) is 4.11. The number of amides is 1. The molecule has 0 bridgehead atoms. The number of aromatic nitrogens is 5. The van der Waals surface area contributed by atoms with Crippen LogP contribution in [0.1, 0.15) is 32.8 Å². The number of carbonyl (C=O) groups is 1. The van der Waals surface area contributed by atoms with Crippen LogP contribution in [0.4, 0.5) is 4.39 Å². The van der Waals surface area contributed by atoms with Crippen LogP contribution in [0.15, 0.2) is 72.7 Å². The van der Waals surface area contributed by atoms with Gasteiger partial charge in [0.05, 0.1) is 17.2 Å². The first-order valence-electron chi connectivity index (χ1n) is 11.9. The SMILES string of the molecule is C/C=C/C(=C\C(=C/C)c1ccc2[nH]nc(-c3nc4c(-c5ccc(F)s5)cncc4[nH]3)c2c1)NC(=O)CC. The summed E-state index contributed by atoms with van der Waals surface area (Å²) in [7, 11) is 0. The summed E-state index contributed by atoms with van der Waals surface area (Å²) in [5.74, 6) is 0.545. The smallest absolute Gasteiger partial charge is 0.224 e. The van der Waals surface area contributed by atoms with Gasteiger partial charge in [0, 0.05) is 34.1 Å². The van der Waals surface area contributed by atoms with Gasteiger partial charge in [-0.2, -0.15) is 9.49 Å². The lowest BCUT2D eigenvalue weighted by molar-refractivity contribution is -0.120. The first kappa shape index (κ1) is 24.3. The van der Waals surface area contributed by atoms with Crippen molar-refractivity contribution in [3.8, 4) is 22.0 Å². The second-order valence-electron chi connectivity index (χ2n) is 8.35. The summed E-state index contributed by atoms with van der Waals surface area (Å²) < 4.78 is 13.7. The lowest BCUT2D eigenvalue weighted by Gasteiger charge is -2.08. The number of hydrogen-bond donors (Lipinski definition) is 3. The van der Waals surface area contributed by atoms with Crippen molar-refractivity contribution in [1.29, 1.82) is 0 Å². The second-order valence-corrected chi connectivity index (χ2v) is 9.38. The number of H-pyrrole nitrogens is 2. The quantitative estimate of drug-likeness (QED) is 0.210. The Morgan fingerprint density at radius 2 is 2.03 bits per heavy atom. The van der Waals surface area contributed by atoms with Crippen LogP contribution in [0, 0.1) is 5.13 Å². The zero-order valence-electron chi connectivity index (χ0n) is 20.6. The number of imidazole rings is 1. The third-order valence-corrected chi connectivity index (χ3v) is 6.83. The van der Waals surface area contributed by atoms with Gasteiger partial charge >= 0.3 is 0 Å². The molecule has 1 aromatic carbocycles. The fourth-order valence-corrected chi connectivity index (χ4v) is 4.86. The maximum atomic E-state index is 13.7. The highest BCUT2D eigenvalue weighted by Gasteiger charge is 2.17. The molecule has 0 fully saturated rings. The van der Waals surface area contributed by atoms with Gasteiger partial charge in [-0.1, -0.05) is 25.1 Å². The predicted octanol–water partition coefficient (Wildman–Crippen LogP) is 6.76. The molecule has 0 aliphatic rings. The van der Waals surface area contributed by atoms with Crippen LogP contribution in [0.25, 0.3) is 49.5 Å².